The SMILES string of the molecule is NC(=O)C1CC(=O)N(c2cnn(Cc3ccccc3)c2)C1. The number of nitrogens with zero attached hydrogens (tertiary/aromatic N) is 3. The quantitative estimate of drug-likeness (QED) is 0.900. The highest BCUT2D eigenvalue weighted by atomic mass is 16.2. The molecule has 6 heteroatoms. The van der Waals surface area contributed by atoms with Crippen LogP contribution >= 0.6 is 0 Å². The Labute approximate surface area is 122 Å². The maximum absolute atomic E-state index is 11.9. The number of nitrogens with two attached hydrogens (primary N) is 1. The molecule has 1 fully saturated rings. The van der Waals surface area contributed by atoms with Crippen molar-refractivity contribution in [2.45, 2.75) is 13.0 Å². The number of carbonyl (C=O) groups excluding carboxylic acids is 2. The van der Waals surface area contributed by atoms with E-state index < -0.39 is 11.8 Å². The topological polar surface area (TPSA) is 81.2 Å². The van der Waals surface area contributed by atoms with Crippen LogP contribution in [0.1, 0.15) is 12.0 Å². The molecule has 21 heavy (non-hydrogen) atoms. The van der Waals surface area contributed by atoms with E-state index in [4.69, 9.17) is 5.73 Å². The smallest absolute Gasteiger partial charge is 0.227 e. The summed E-state index contributed by atoms with van der Waals surface area (Å²) in [6.07, 6.45) is 3.64. The number of carbonyl (C=O) groups is 2. The molecule has 1 aromatic heterocycles. The van der Waals surface area contributed by atoms with Gasteiger partial charge >= 0.3 is 0 Å². The van der Waals surface area contributed by atoms with E-state index in [1.807, 2.05) is 36.5 Å². The summed E-state index contributed by atoms with van der Waals surface area (Å²) >= 11 is 0. The van der Waals surface area contributed by atoms with Gasteiger partial charge in [-0.05, 0) is 5.56 Å². The van der Waals surface area contributed by atoms with Gasteiger partial charge in [-0.25, -0.2) is 0 Å². The van der Waals surface area contributed by atoms with Crippen molar-refractivity contribution in [1.29, 1.82) is 0 Å². The second-order valence-corrected chi connectivity index (χ2v) is 5.19. The fourth-order valence-electron chi connectivity index (χ4n) is 2.50. The monoisotopic (exact) mass is 284 g/mol. The van der Waals surface area contributed by atoms with Gasteiger partial charge in [-0.3, -0.25) is 14.3 Å². The predicted molar refractivity (Wildman–Crippen MR) is 77.4 cm³/mol. The summed E-state index contributed by atoms with van der Waals surface area (Å²) in [4.78, 5) is 24.7. The summed E-state index contributed by atoms with van der Waals surface area (Å²) in [5.41, 5.74) is 7.11. The number of primary amides is 1. The van der Waals surface area contributed by atoms with Crippen LogP contribution in [0.3, 0.4) is 0 Å². The molecule has 6 nitrogen and oxygen atoms in total. The first-order chi connectivity index (χ1) is 10.1. The fourth-order valence-corrected chi connectivity index (χ4v) is 2.50. The van der Waals surface area contributed by atoms with Gasteiger partial charge in [0.05, 0.1) is 24.3 Å². The molecule has 1 atom stereocenters. The van der Waals surface area contributed by atoms with Crippen LogP contribution in [0.2, 0.25) is 0 Å². The highest BCUT2D eigenvalue weighted by Crippen LogP contribution is 2.24. The largest absolute Gasteiger partial charge is 0.369 e. The van der Waals surface area contributed by atoms with Crippen LogP contribution in [-0.2, 0) is 16.1 Å². The molecule has 1 saturated heterocycles. The Morgan fingerprint density at radius 1 is 1.33 bits per heavy atom. The second kappa shape index (κ2) is 5.40. The van der Waals surface area contributed by atoms with Gasteiger partial charge in [0.2, 0.25) is 11.8 Å². The van der Waals surface area contributed by atoms with E-state index in [1.165, 1.54) is 0 Å². The first-order valence-electron chi connectivity index (χ1n) is 6.79. The number of aromatic nitrogens is 2. The third-order valence-electron chi connectivity index (χ3n) is 3.65. The summed E-state index contributed by atoms with van der Waals surface area (Å²) in [6, 6.07) is 9.95. The Bertz CT molecular complexity index is 665. The molecular weight excluding hydrogens is 268 g/mol. The van der Waals surface area contributed by atoms with Crippen molar-refractivity contribution in [1.82, 2.24) is 9.78 Å². The summed E-state index contributed by atoms with van der Waals surface area (Å²) < 4.78 is 1.77. The van der Waals surface area contributed by atoms with Gasteiger partial charge in [0.25, 0.3) is 0 Å². The number of anilines is 1. The van der Waals surface area contributed by atoms with E-state index in [0.29, 0.717) is 18.8 Å². The molecule has 1 unspecified atom stereocenters. The molecule has 2 aromatic rings. The third kappa shape index (κ3) is 2.79. The van der Waals surface area contributed by atoms with Crippen LogP contribution in [0, 0.1) is 5.92 Å². The molecule has 0 saturated carbocycles. The highest BCUT2D eigenvalue weighted by Gasteiger charge is 2.34. The van der Waals surface area contributed by atoms with Crippen molar-refractivity contribution in [3.63, 3.8) is 0 Å². The van der Waals surface area contributed by atoms with Gasteiger partial charge in [-0.15, -0.1) is 0 Å². The Morgan fingerprint density at radius 3 is 2.76 bits per heavy atom. The second-order valence-electron chi connectivity index (χ2n) is 5.19. The van der Waals surface area contributed by atoms with E-state index in [0.717, 1.165) is 5.56 Å². The van der Waals surface area contributed by atoms with Crippen molar-refractivity contribution in [3.05, 3.63) is 48.3 Å². The average molecular weight is 284 g/mol. The first-order valence-corrected chi connectivity index (χ1v) is 6.79. The van der Waals surface area contributed by atoms with Crippen molar-refractivity contribution in [3.8, 4) is 0 Å². The minimum atomic E-state index is -0.428. The normalized spacial score (nSPS) is 18.2. The standard InChI is InChI=1S/C15H16N4O2/c16-15(21)12-6-14(20)19(9-12)13-7-17-18(10-13)8-11-4-2-1-3-5-11/h1-5,7,10,12H,6,8-9H2,(H2,16,21). The van der Waals surface area contributed by atoms with Crippen LogP contribution in [0.25, 0.3) is 0 Å². The molecular formula is C15H16N4O2. The summed E-state index contributed by atoms with van der Waals surface area (Å²) in [6.45, 7) is 0.979. The molecule has 1 aromatic carbocycles. The van der Waals surface area contributed by atoms with Crippen LogP contribution < -0.4 is 10.6 Å². The molecule has 1 aliphatic heterocycles. The highest BCUT2D eigenvalue weighted by molar-refractivity contribution is 5.99. The average Bonchev–Trinajstić information content (AvgIpc) is 3.06. The minimum Gasteiger partial charge on any atom is -0.369 e. The van der Waals surface area contributed by atoms with Crippen molar-refractivity contribution in [2.75, 3.05) is 11.4 Å². The van der Waals surface area contributed by atoms with Gasteiger partial charge in [0, 0.05) is 19.2 Å². The van der Waals surface area contributed by atoms with Crippen molar-refractivity contribution in [2.24, 2.45) is 11.7 Å². The lowest BCUT2D eigenvalue weighted by Crippen LogP contribution is -2.28. The Balaban J connectivity index is 1.73. The number of hydrogen-bond acceptors (Lipinski definition) is 3. The minimum absolute atomic E-state index is 0.0851. The Hall–Kier alpha value is -2.63. The molecule has 0 bridgehead atoms. The predicted octanol–water partition coefficient (Wildman–Crippen LogP) is 0.770. The lowest BCUT2D eigenvalue weighted by molar-refractivity contribution is -0.123. The molecule has 2 heterocycles. The van der Waals surface area contributed by atoms with Crippen LogP contribution in [0.4, 0.5) is 5.69 Å². The first kappa shape index (κ1) is 13.4. The van der Waals surface area contributed by atoms with Gasteiger partial charge in [-0.1, -0.05) is 30.3 Å². The van der Waals surface area contributed by atoms with Gasteiger partial charge in [-0.2, -0.15) is 5.10 Å². The summed E-state index contributed by atoms with van der Waals surface area (Å²) in [5, 5.41) is 4.27. The molecule has 1 aliphatic rings. The lowest BCUT2D eigenvalue weighted by Gasteiger charge is -2.13. The zero-order valence-electron chi connectivity index (χ0n) is 11.5. The number of benzene rings is 1. The molecule has 2 N–H and O–H groups in total. The molecule has 108 valence electrons. The van der Waals surface area contributed by atoms with Crippen LogP contribution in [0.15, 0.2) is 42.7 Å². The molecule has 0 aliphatic carbocycles. The lowest BCUT2D eigenvalue weighted by atomic mass is 10.1. The third-order valence-corrected chi connectivity index (χ3v) is 3.65. The van der Waals surface area contributed by atoms with Crippen LogP contribution in [-0.4, -0.2) is 28.1 Å². The van der Waals surface area contributed by atoms with Crippen molar-refractivity contribution < 1.29 is 9.59 Å². The van der Waals surface area contributed by atoms with Gasteiger partial charge in [0.1, 0.15) is 0 Å². The summed E-state index contributed by atoms with van der Waals surface area (Å²) in [7, 11) is 0. The number of hydrogen-bond donors (Lipinski definition) is 1. The summed E-state index contributed by atoms with van der Waals surface area (Å²) in [5.74, 6) is -0.921. The van der Waals surface area contributed by atoms with Gasteiger partial charge in [0.15, 0.2) is 0 Å². The maximum Gasteiger partial charge on any atom is 0.227 e. The van der Waals surface area contributed by atoms with Crippen LogP contribution in [0.5, 0.6) is 0 Å². The van der Waals surface area contributed by atoms with E-state index in [2.05, 4.69) is 5.10 Å². The zero-order chi connectivity index (χ0) is 14.8. The Morgan fingerprint density at radius 2 is 2.10 bits per heavy atom. The van der Waals surface area contributed by atoms with Crippen molar-refractivity contribution >= 4 is 17.5 Å². The number of amides is 2. The molecule has 0 radical (unpaired) electrons. The van der Waals surface area contributed by atoms with E-state index in [-0.39, 0.29) is 12.3 Å². The Kier molecular flexibility index (Phi) is 3.43. The number of rotatable bonds is 4. The molecule has 0 spiro atoms. The zero-order valence-corrected chi connectivity index (χ0v) is 11.5. The maximum atomic E-state index is 11.9. The van der Waals surface area contributed by atoms with Gasteiger partial charge < -0.3 is 10.6 Å². The molecule has 3 rings (SSSR count). The fraction of sp³-hybridized carbons (Fsp3) is 0.267. The van der Waals surface area contributed by atoms with E-state index in [9.17, 15) is 9.59 Å². The van der Waals surface area contributed by atoms with E-state index >= 15 is 0 Å². The van der Waals surface area contributed by atoms with E-state index in [1.54, 1.807) is 15.8 Å². The molecule has 2 amide bonds.